The molecule has 156 valence electrons. The van der Waals surface area contributed by atoms with Crippen molar-refractivity contribution in [2.75, 3.05) is 17.2 Å². The molecule has 0 bridgehead atoms. The number of rotatable bonds is 4. The second-order valence-corrected chi connectivity index (χ2v) is 8.63. The highest BCUT2D eigenvalue weighted by Crippen LogP contribution is 2.38. The van der Waals surface area contributed by atoms with Gasteiger partial charge in [0.05, 0.1) is 10.7 Å². The van der Waals surface area contributed by atoms with E-state index in [-0.39, 0.29) is 16.6 Å². The molecule has 31 heavy (non-hydrogen) atoms. The minimum Gasteiger partial charge on any atom is -0.450 e. The van der Waals surface area contributed by atoms with Gasteiger partial charge in [0, 0.05) is 40.8 Å². The van der Waals surface area contributed by atoms with Crippen molar-refractivity contribution < 1.29 is 9.21 Å². The number of nitrogens with two attached hydrogens (primary N) is 1. The first-order chi connectivity index (χ1) is 15.0. The maximum atomic E-state index is 13.1. The summed E-state index contributed by atoms with van der Waals surface area (Å²) in [5.41, 5.74) is 11.2. The van der Waals surface area contributed by atoms with Gasteiger partial charge in [0.25, 0.3) is 0 Å². The molecule has 1 aliphatic rings. The molecule has 0 amide bonds. The Bertz CT molecular complexity index is 1300. The van der Waals surface area contributed by atoms with Crippen LogP contribution in [0.4, 0.5) is 11.4 Å². The molecule has 1 aromatic heterocycles. The van der Waals surface area contributed by atoms with Crippen LogP contribution in [0.25, 0.3) is 11.0 Å². The van der Waals surface area contributed by atoms with Crippen LogP contribution in [-0.4, -0.2) is 12.3 Å². The molecule has 0 saturated carbocycles. The molecule has 4 aromatic rings. The van der Waals surface area contributed by atoms with Gasteiger partial charge in [-0.2, -0.15) is 0 Å². The van der Waals surface area contributed by atoms with Crippen LogP contribution in [0.3, 0.4) is 0 Å². The Morgan fingerprint density at radius 1 is 1.06 bits per heavy atom. The maximum absolute atomic E-state index is 13.1. The Morgan fingerprint density at radius 2 is 1.87 bits per heavy atom. The fraction of sp³-hybridized carbons (Fsp3) is 0.160. The lowest BCUT2D eigenvalue weighted by Crippen LogP contribution is -2.28. The number of anilines is 2. The zero-order valence-electron chi connectivity index (χ0n) is 16.7. The summed E-state index contributed by atoms with van der Waals surface area (Å²) in [6.45, 7) is 1.79. The van der Waals surface area contributed by atoms with Crippen LogP contribution in [-0.2, 0) is 13.0 Å². The highest BCUT2D eigenvalue weighted by atomic mass is 35.5. The smallest absolute Gasteiger partial charge is 0.231 e. The topological polar surface area (TPSA) is 59.5 Å². The number of furan rings is 1. The van der Waals surface area contributed by atoms with Gasteiger partial charge in [-0.05, 0) is 48.2 Å². The van der Waals surface area contributed by atoms with Crippen molar-refractivity contribution in [3.8, 4) is 0 Å². The van der Waals surface area contributed by atoms with Gasteiger partial charge in [-0.1, -0.05) is 53.5 Å². The normalized spacial score (nSPS) is 13.4. The van der Waals surface area contributed by atoms with E-state index in [1.807, 2.05) is 12.1 Å². The van der Waals surface area contributed by atoms with Gasteiger partial charge in [-0.25, -0.2) is 0 Å². The summed E-state index contributed by atoms with van der Waals surface area (Å²) in [6.07, 6.45) is 2.03. The lowest BCUT2D eigenvalue weighted by molar-refractivity contribution is 0.101. The van der Waals surface area contributed by atoms with E-state index in [0.717, 1.165) is 37.0 Å². The second-order valence-electron chi connectivity index (χ2n) is 7.79. The number of carbonyl (C=O) groups excluding carboxylic acids is 1. The summed E-state index contributed by atoms with van der Waals surface area (Å²) in [4.78, 5) is 15.4. The molecule has 5 rings (SSSR count). The third kappa shape index (κ3) is 3.67. The Balaban J connectivity index is 1.55. The minimum atomic E-state index is -0.352. The zero-order chi connectivity index (χ0) is 21.5. The fourth-order valence-corrected chi connectivity index (χ4v) is 4.70. The van der Waals surface area contributed by atoms with E-state index in [2.05, 4.69) is 35.2 Å². The van der Waals surface area contributed by atoms with E-state index in [1.165, 1.54) is 17.2 Å². The first-order valence-corrected chi connectivity index (χ1v) is 10.9. The Hall–Kier alpha value is -2.95. The van der Waals surface area contributed by atoms with Crippen LogP contribution in [0.1, 0.15) is 33.7 Å². The van der Waals surface area contributed by atoms with Gasteiger partial charge in [0.1, 0.15) is 5.58 Å². The van der Waals surface area contributed by atoms with E-state index < -0.39 is 0 Å². The van der Waals surface area contributed by atoms with E-state index in [9.17, 15) is 4.79 Å². The highest BCUT2D eigenvalue weighted by Gasteiger charge is 2.25. The molecule has 0 fully saturated rings. The summed E-state index contributed by atoms with van der Waals surface area (Å²) in [5, 5.41) is 1.49. The summed E-state index contributed by atoms with van der Waals surface area (Å²) in [7, 11) is 0. The molecule has 0 unspecified atom stereocenters. The summed E-state index contributed by atoms with van der Waals surface area (Å²) in [5.74, 6) is -0.245. The van der Waals surface area contributed by atoms with E-state index >= 15 is 0 Å². The van der Waals surface area contributed by atoms with Crippen molar-refractivity contribution >= 4 is 51.3 Å². The summed E-state index contributed by atoms with van der Waals surface area (Å²) < 4.78 is 5.97. The Kier molecular flexibility index (Phi) is 5.12. The highest BCUT2D eigenvalue weighted by molar-refractivity contribution is 6.37. The van der Waals surface area contributed by atoms with Crippen molar-refractivity contribution in [1.29, 1.82) is 0 Å². The molecule has 0 aliphatic carbocycles. The molecular formula is C25H20Cl2N2O2. The quantitative estimate of drug-likeness (QED) is 0.360. The van der Waals surface area contributed by atoms with Crippen LogP contribution in [0.15, 0.2) is 65.1 Å². The van der Waals surface area contributed by atoms with Crippen molar-refractivity contribution in [1.82, 2.24) is 0 Å². The van der Waals surface area contributed by atoms with Crippen LogP contribution >= 0.6 is 23.2 Å². The molecular weight excluding hydrogens is 431 g/mol. The predicted octanol–water partition coefficient (Wildman–Crippen LogP) is 6.51. The maximum Gasteiger partial charge on any atom is 0.231 e. The Morgan fingerprint density at radius 3 is 2.65 bits per heavy atom. The lowest BCUT2D eigenvalue weighted by Gasteiger charge is -2.31. The number of benzene rings is 3. The van der Waals surface area contributed by atoms with Gasteiger partial charge in [0.15, 0.2) is 5.76 Å². The lowest BCUT2D eigenvalue weighted by atomic mass is 9.98. The monoisotopic (exact) mass is 450 g/mol. The van der Waals surface area contributed by atoms with Gasteiger partial charge in [-0.3, -0.25) is 4.79 Å². The third-order valence-corrected chi connectivity index (χ3v) is 6.29. The molecule has 0 saturated heterocycles. The number of carbonyl (C=O) groups is 1. The number of nitrogen functional groups attached to an aromatic ring is 1. The number of ketones is 1. The largest absolute Gasteiger partial charge is 0.450 e. The summed E-state index contributed by atoms with van der Waals surface area (Å²) >= 11 is 12.2. The van der Waals surface area contributed by atoms with Gasteiger partial charge >= 0.3 is 0 Å². The molecule has 0 spiro atoms. The number of nitrogens with zero attached hydrogens (tertiary/aromatic N) is 1. The number of aryl methyl sites for hydroxylation is 1. The first kappa shape index (κ1) is 20.0. The van der Waals surface area contributed by atoms with Gasteiger partial charge in [-0.15, -0.1) is 0 Å². The van der Waals surface area contributed by atoms with Crippen LogP contribution in [0, 0.1) is 0 Å². The molecule has 1 aliphatic heterocycles. The van der Waals surface area contributed by atoms with Crippen molar-refractivity contribution in [2.45, 2.75) is 19.4 Å². The van der Waals surface area contributed by atoms with Gasteiger partial charge < -0.3 is 15.1 Å². The van der Waals surface area contributed by atoms with E-state index in [0.29, 0.717) is 21.9 Å². The molecule has 2 N–H and O–H groups in total. The second kappa shape index (κ2) is 7.95. The zero-order valence-corrected chi connectivity index (χ0v) is 18.2. The fourth-order valence-electron chi connectivity index (χ4n) is 4.20. The number of halogens is 2. The van der Waals surface area contributed by atoms with E-state index in [4.69, 9.17) is 33.4 Å². The average molecular weight is 451 g/mol. The van der Waals surface area contributed by atoms with Crippen molar-refractivity contribution in [3.05, 3.63) is 93.2 Å². The van der Waals surface area contributed by atoms with Crippen LogP contribution < -0.4 is 10.6 Å². The number of hydrogen-bond donors (Lipinski definition) is 1. The Labute approximate surface area is 190 Å². The molecule has 6 heteroatoms. The van der Waals surface area contributed by atoms with Gasteiger partial charge in [0.2, 0.25) is 5.78 Å². The number of hydrogen-bond acceptors (Lipinski definition) is 4. The van der Waals surface area contributed by atoms with Crippen LogP contribution in [0.2, 0.25) is 10.0 Å². The molecule has 4 nitrogen and oxygen atoms in total. The van der Waals surface area contributed by atoms with Crippen molar-refractivity contribution in [2.24, 2.45) is 0 Å². The molecule has 0 radical (unpaired) electrons. The predicted molar refractivity (Wildman–Crippen MR) is 126 cm³/mol. The molecule has 3 aromatic carbocycles. The first-order valence-electron chi connectivity index (χ1n) is 10.1. The number of fused-ring (bicyclic) bond motifs is 2. The molecule has 0 atom stereocenters. The standard InChI is InChI=1S/C25H20Cl2N2O2/c26-17-8-9-18(20(27)12-17)24(30)25-23(28)19-11-16-7-4-10-29(21(16)13-22(19)31-25)14-15-5-2-1-3-6-15/h1-3,5-6,8-9,11-13H,4,7,10,14,28H2. The van der Waals surface area contributed by atoms with Crippen LogP contribution in [0.5, 0.6) is 0 Å². The summed E-state index contributed by atoms with van der Waals surface area (Å²) in [6, 6.07) is 19.2. The SMILES string of the molecule is Nc1c(C(=O)c2ccc(Cl)cc2Cl)oc2cc3c(cc12)CCCN3Cc1ccccc1. The third-order valence-electron chi connectivity index (χ3n) is 5.74. The minimum absolute atomic E-state index is 0.108. The average Bonchev–Trinajstić information content (AvgIpc) is 3.09. The van der Waals surface area contributed by atoms with Crippen molar-refractivity contribution in [3.63, 3.8) is 0 Å². The molecule has 2 heterocycles. The van der Waals surface area contributed by atoms with E-state index in [1.54, 1.807) is 12.1 Å².